The van der Waals surface area contributed by atoms with Gasteiger partial charge in [0.15, 0.2) is 0 Å². The van der Waals surface area contributed by atoms with E-state index in [1.54, 1.807) is 7.11 Å². The number of pyridine rings is 1. The summed E-state index contributed by atoms with van der Waals surface area (Å²) < 4.78 is 5.61. The van der Waals surface area contributed by atoms with Gasteiger partial charge in [-0.1, -0.05) is 60.2 Å². The molecule has 0 aliphatic carbocycles. The quantitative estimate of drug-likeness (QED) is 0.465. The maximum Gasteiger partial charge on any atom is 0.319 e. The number of nitrogens with one attached hydrogen (secondary N) is 2. The van der Waals surface area contributed by atoms with E-state index in [4.69, 9.17) is 9.72 Å². The van der Waals surface area contributed by atoms with Crippen LogP contribution >= 0.6 is 0 Å². The number of anilines is 1. The van der Waals surface area contributed by atoms with Gasteiger partial charge in [0.05, 0.1) is 18.3 Å². The number of ether oxygens (including phenoxy) is 1. The van der Waals surface area contributed by atoms with Crippen molar-refractivity contribution in [2.24, 2.45) is 0 Å². The molecule has 0 bridgehead atoms. The monoisotopic (exact) mass is 397 g/mol. The van der Waals surface area contributed by atoms with E-state index in [0.29, 0.717) is 18.0 Å². The average Bonchev–Trinajstić information content (AvgIpc) is 2.78. The van der Waals surface area contributed by atoms with E-state index in [1.807, 2.05) is 54.6 Å². The zero-order valence-electron chi connectivity index (χ0n) is 17.0. The third kappa shape index (κ3) is 4.41. The van der Waals surface area contributed by atoms with Gasteiger partial charge in [-0.15, -0.1) is 0 Å². The molecule has 2 amide bonds. The van der Waals surface area contributed by atoms with Gasteiger partial charge in [0.25, 0.3) is 0 Å². The number of methoxy groups -OCH3 is 1. The summed E-state index contributed by atoms with van der Waals surface area (Å²) >= 11 is 0. The molecule has 2 N–H and O–H groups in total. The van der Waals surface area contributed by atoms with Gasteiger partial charge in [-0.3, -0.25) is 0 Å². The van der Waals surface area contributed by atoms with Gasteiger partial charge < -0.3 is 15.4 Å². The van der Waals surface area contributed by atoms with E-state index < -0.39 is 0 Å². The molecular formula is C25H23N3O2. The van der Waals surface area contributed by atoms with Crippen LogP contribution in [0.2, 0.25) is 0 Å². The normalized spacial score (nSPS) is 10.6. The SMILES string of the molecule is COc1cc(-c2ccc(C)cc2)nc2ccc(NC(=O)NCc3ccccc3)cc12. The van der Waals surface area contributed by atoms with E-state index in [1.165, 1.54) is 5.56 Å². The summed E-state index contributed by atoms with van der Waals surface area (Å²) in [5.74, 6) is 0.712. The Bertz CT molecular complexity index is 1170. The molecule has 30 heavy (non-hydrogen) atoms. The molecule has 0 atom stereocenters. The van der Waals surface area contributed by atoms with Crippen molar-refractivity contribution in [1.29, 1.82) is 0 Å². The van der Waals surface area contributed by atoms with Crippen LogP contribution in [0, 0.1) is 6.92 Å². The summed E-state index contributed by atoms with van der Waals surface area (Å²) in [5, 5.41) is 6.58. The summed E-state index contributed by atoms with van der Waals surface area (Å²) in [6, 6.07) is 25.3. The first-order valence-corrected chi connectivity index (χ1v) is 9.77. The number of urea groups is 1. The molecule has 5 heteroatoms. The lowest BCUT2D eigenvalue weighted by Gasteiger charge is -2.12. The van der Waals surface area contributed by atoms with Gasteiger partial charge in [-0.2, -0.15) is 0 Å². The highest BCUT2D eigenvalue weighted by molar-refractivity contribution is 5.95. The minimum Gasteiger partial charge on any atom is -0.496 e. The lowest BCUT2D eigenvalue weighted by Crippen LogP contribution is -2.28. The maximum atomic E-state index is 12.3. The Hall–Kier alpha value is -3.86. The lowest BCUT2D eigenvalue weighted by molar-refractivity contribution is 0.251. The molecule has 0 saturated heterocycles. The number of fused-ring (bicyclic) bond motifs is 1. The molecule has 0 fully saturated rings. The van der Waals surface area contributed by atoms with E-state index in [0.717, 1.165) is 27.7 Å². The third-order valence-corrected chi connectivity index (χ3v) is 4.89. The molecule has 4 rings (SSSR count). The van der Waals surface area contributed by atoms with Crippen LogP contribution in [0.5, 0.6) is 5.75 Å². The van der Waals surface area contributed by atoms with Crippen molar-refractivity contribution in [3.8, 4) is 17.0 Å². The van der Waals surface area contributed by atoms with Gasteiger partial charge in [0.1, 0.15) is 5.75 Å². The fraction of sp³-hybridized carbons (Fsp3) is 0.120. The zero-order chi connectivity index (χ0) is 20.9. The lowest BCUT2D eigenvalue weighted by atomic mass is 10.1. The number of rotatable bonds is 5. The van der Waals surface area contributed by atoms with E-state index in [9.17, 15) is 4.79 Å². The number of carbonyl (C=O) groups excluding carboxylic acids is 1. The van der Waals surface area contributed by atoms with Crippen molar-refractivity contribution in [1.82, 2.24) is 10.3 Å². The minimum absolute atomic E-state index is 0.263. The molecule has 4 aromatic rings. The summed E-state index contributed by atoms with van der Waals surface area (Å²) in [6.45, 7) is 2.52. The number of benzene rings is 3. The second-order valence-corrected chi connectivity index (χ2v) is 7.10. The molecule has 1 aromatic heterocycles. The Morgan fingerprint density at radius 2 is 1.73 bits per heavy atom. The second kappa shape index (κ2) is 8.66. The van der Waals surface area contributed by atoms with Crippen LogP contribution in [-0.4, -0.2) is 18.1 Å². The standard InChI is InChI=1S/C25H23N3O2/c1-17-8-10-19(11-9-17)23-15-24(30-2)21-14-20(12-13-22(21)28-23)27-25(29)26-16-18-6-4-3-5-7-18/h3-15H,16H2,1-2H3,(H2,26,27,29). The van der Waals surface area contributed by atoms with Crippen LogP contribution in [0.3, 0.4) is 0 Å². The number of aryl methyl sites for hydroxylation is 1. The predicted molar refractivity (Wildman–Crippen MR) is 121 cm³/mol. The van der Waals surface area contributed by atoms with Crippen LogP contribution in [0.15, 0.2) is 78.9 Å². The molecule has 150 valence electrons. The Morgan fingerprint density at radius 1 is 0.967 bits per heavy atom. The molecule has 0 saturated carbocycles. The second-order valence-electron chi connectivity index (χ2n) is 7.10. The summed E-state index contributed by atoms with van der Waals surface area (Å²) in [7, 11) is 1.64. The molecule has 1 heterocycles. The van der Waals surface area contributed by atoms with Crippen molar-refractivity contribution in [2.45, 2.75) is 13.5 Å². The molecule has 3 aromatic carbocycles. The van der Waals surface area contributed by atoms with Crippen molar-refractivity contribution in [3.63, 3.8) is 0 Å². The van der Waals surface area contributed by atoms with Crippen molar-refractivity contribution in [2.75, 3.05) is 12.4 Å². The molecular weight excluding hydrogens is 374 g/mol. The summed E-state index contributed by atoms with van der Waals surface area (Å²) in [6.07, 6.45) is 0. The average molecular weight is 397 g/mol. The number of hydrogen-bond acceptors (Lipinski definition) is 3. The van der Waals surface area contributed by atoms with Gasteiger partial charge in [0.2, 0.25) is 0 Å². The van der Waals surface area contributed by atoms with Crippen LogP contribution < -0.4 is 15.4 Å². The van der Waals surface area contributed by atoms with Gasteiger partial charge >= 0.3 is 6.03 Å². The van der Waals surface area contributed by atoms with Crippen LogP contribution in [0.1, 0.15) is 11.1 Å². The Kier molecular flexibility index (Phi) is 5.61. The van der Waals surface area contributed by atoms with E-state index >= 15 is 0 Å². The predicted octanol–water partition coefficient (Wildman–Crippen LogP) is 5.54. The van der Waals surface area contributed by atoms with E-state index in [-0.39, 0.29) is 6.03 Å². The molecule has 0 radical (unpaired) electrons. The topological polar surface area (TPSA) is 63.2 Å². The third-order valence-electron chi connectivity index (χ3n) is 4.89. The van der Waals surface area contributed by atoms with Crippen LogP contribution in [0.4, 0.5) is 10.5 Å². The van der Waals surface area contributed by atoms with Gasteiger partial charge in [-0.25, -0.2) is 9.78 Å². The first-order chi connectivity index (χ1) is 14.6. The first-order valence-electron chi connectivity index (χ1n) is 9.77. The van der Waals surface area contributed by atoms with Gasteiger partial charge in [-0.05, 0) is 30.7 Å². The molecule has 0 aliphatic heterocycles. The minimum atomic E-state index is -0.263. The molecule has 0 unspecified atom stereocenters. The number of amides is 2. The highest BCUT2D eigenvalue weighted by Crippen LogP contribution is 2.31. The molecule has 0 spiro atoms. The van der Waals surface area contributed by atoms with Crippen molar-refractivity contribution in [3.05, 3.63) is 90.0 Å². The van der Waals surface area contributed by atoms with Crippen LogP contribution in [0.25, 0.3) is 22.2 Å². The fourth-order valence-electron chi connectivity index (χ4n) is 3.27. The van der Waals surface area contributed by atoms with Crippen LogP contribution in [-0.2, 0) is 6.54 Å². The molecule has 5 nitrogen and oxygen atoms in total. The fourth-order valence-corrected chi connectivity index (χ4v) is 3.27. The Morgan fingerprint density at radius 3 is 2.47 bits per heavy atom. The van der Waals surface area contributed by atoms with Gasteiger partial charge in [0, 0.05) is 29.2 Å². The smallest absolute Gasteiger partial charge is 0.319 e. The Labute approximate surface area is 175 Å². The number of aromatic nitrogens is 1. The highest BCUT2D eigenvalue weighted by atomic mass is 16.5. The largest absolute Gasteiger partial charge is 0.496 e. The highest BCUT2D eigenvalue weighted by Gasteiger charge is 2.10. The number of hydrogen-bond donors (Lipinski definition) is 2. The van der Waals surface area contributed by atoms with Crippen molar-refractivity contribution < 1.29 is 9.53 Å². The van der Waals surface area contributed by atoms with E-state index in [2.05, 4.69) is 41.8 Å². The number of nitrogens with zero attached hydrogens (tertiary/aromatic N) is 1. The Balaban J connectivity index is 1.55. The molecule has 0 aliphatic rings. The summed E-state index contributed by atoms with van der Waals surface area (Å²) in [4.78, 5) is 17.0. The first kappa shape index (κ1) is 19.5. The summed E-state index contributed by atoms with van der Waals surface area (Å²) in [5.41, 5.74) is 5.61. The number of carbonyl (C=O) groups is 1. The maximum absolute atomic E-state index is 12.3. The zero-order valence-corrected chi connectivity index (χ0v) is 17.0. The van der Waals surface area contributed by atoms with Crippen molar-refractivity contribution >= 4 is 22.6 Å².